The van der Waals surface area contributed by atoms with Gasteiger partial charge in [0.05, 0.1) is 33.0 Å². The van der Waals surface area contributed by atoms with Crippen LogP contribution >= 0.6 is 0 Å². The van der Waals surface area contributed by atoms with Gasteiger partial charge in [0.1, 0.15) is 37.1 Å². The number of fused-ring (bicyclic) bond motifs is 1. The Hall–Kier alpha value is -2.80. The normalized spacial score (nSPS) is 11.4. The van der Waals surface area contributed by atoms with Crippen molar-refractivity contribution in [2.24, 2.45) is 0 Å². The van der Waals surface area contributed by atoms with Gasteiger partial charge in [-0.25, -0.2) is 0 Å². The molecule has 3 aromatic carbocycles. The summed E-state index contributed by atoms with van der Waals surface area (Å²) in [5.41, 5.74) is 2.49. The molecule has 0 heterocycles. The zero-order valence-electron chi connectivity index (χ0n) is 23.7. The Morgan fingerprint density at radius 3 is 1.39 bits per heavy atom. The largest absolute Gasteiger partial charge is 0.491 e. The fourth-order valence-corrected chi connectivity index (χ4v) is 4.24. The van der Waals surface area contributed by atoms with Gasteiger partial charge in [-0.1, -0.05) is 70.2 Å². The number of rotatable bonds is 18. The summed E-state index contributed by atoms with van der Waals surface area (Å²) in [6, 6.07) is 18.4. The maximum atomic E-state index is 6.20. The van der Waals surface area contributed by atoms with Crippen molar-refractivity contribution in [3.8, 4) is 17.2 Å². The summed E-state index contributed by atoms with van der Waals surface area (Å²) < 4.78 is 34.9. The molecule has 38 heavy (non-hydrogen) atoms. The van der Waals surface area contributed by atoms with Crippen molar-refractivity contribution >= 4 is 10.8 Å². The van der Waals surface area contributed by atoms with Gasteiger partial charge in [0.15, 0.2) is 0 Å². The van der Waals surface area contributed by atoms with Gasteiger partial charge in [-0.15, -0.1) is 0 Å². The van der Waals surface area contributed by atoms with E-state index in [1.54, 1.807) is 0 Å². The molecule has 0 fully saturated rings. The van der Waals surface area contributed by atoms with Gasteiger partial charge in [-0.2, -0.15) is 0 Å². The van der Waals surface area contributed by atoms with Crippen LogP contribution in [0.4, 0.5) is 0 Å². The highest BCUT2D eigenvalue weighted by Gasteiger charge is 2.15. The van der Waals surface area contributed by atoms with Crippen LogP contribution in [-0.4, -0.2) is 59.5 Å². The molecule has 0 N–H and O–H groups in total. The van der Waals surface area contributed by atoms with Crippen LogP contribution in [0.3, 0.4) is 0 Å². The number of hydrogen-bond donors (Lipinski definition) is 0. The van der Waals surface area contributed by atoms with Gasteiger partial charge in [0.25, 0.3) is 0 Å². The molecule has 0 aliphatic carbocycles. The van der Waals surface area contributed by atoms with Crippen molar-refractivity contribution < 1.29 is 28.4 Å². The molecule has 0 radical (unpaired) electrons. The first-order valence-corrected chi connectivity index (χ1v) is 13.8. The molecule has 3 aromatic rings. The standard InChI is InChI=1S/C32H44O6/c1-6-33-16-17-34-18-21-36-30-14-8-13-29-28(30)12-9-15-31(29)37-22-19-35-20-23-38-32-26(24(2)3)10-7-11-27(32)25(4)5/h7-15,24-25H,6,16-23H2,1-5H3. The Morgan fingerprint density at radius 1 is 0.500 bits per heavy atom. The molecule has 0 saturated carbocycles. The van der Waals surface area contributed by atoms with Crippen molar-refractivity contribution in [1.29, 1.82) is 0 Å². The molecule has 0 spiro atoms. The van der Waals surface area contributed by atoms with E-state index >= 15 is 0 Å². The average Bonchev–Trinajstić information content (AvgIpc) is 2.92. The second-order valence-corrected chi connectivity index (χ2v) is 9.65. The molecule has 0 aromatic heterocycles. The number of benzene rings is 3. The predicted octanol–water partition coefficient (Wildman–Crippen LogP) is 6.99. The lowest BCUT2D eigenvalue weighted by Gasteiger charge is -2.20. The predicted molar refractivity (Wildman–Crippen MR) is 153 cm³/mol. The summed E-state index contributed by atoms with van der Waals surface area (Å²) in [6.07, 6.45) is 0. The highest BCUT2D eigenvalue weighted by atomic mass is 16.5. The molecule has 0 amide bonds. The van der Waals surface area contributed by atoms with E-state index in [4.69, 9.17) is 28.4 Å². The van der Waals surface area contributed by atoms with Crippen molar-refractivity contribution in [1.82, 2.24) is 0 Å². The van der Waals surface area contributed by atoms with Gasteiger partial charge in [0, 0.05) is 17.4 Å². The maximum Gasteiger partial charge on any atom is 0.127 e. The number of hydrogen-bond acceptors (Lipinski definition) is 6. The molecule has 0 bridgehead atoms. The van der Waals surface area contributed by atoms with Gasteiger partial charge >= 0.3 is 0 Å². The highest BCUT2D eigenvalue weighted by molar-refractivity contribution is 5.93. The van der Waals surface area contributed by atoms with Crippen LogP contribution in [0.25, 0.3) is 10.8 Å². The summed E-state index contributed by atoms with van der Waals surface area (Å²) >= 11 is 0. The van der Waals surface area contributed by atoms with Crippen LogP contribution in [0, 0.1) is 0 Å². The summed E-state index contributed by atoms with van der Waals surface area (Å²) in [6.45, 7) is 15.6. The third-order valence-corrected chi connectivity index (χ3v) is 6.18. The lowest BCUT2D eigenvalue weighted by Crippen LogP contribution is -2.14. The summed E-state index contributed by atoms with van der Waals surface area (Å²) in [5, 5.41) is 2.02. The molecule has 6 heteroatoms. The van der Waals surface area contributed by atoms with Crippen molar-refractivity contribution in [3.05, 3.63) is 65.7 Å². The van der Waals surface area contributed by atoms with Crippen molar-refractivity contribution in [3.63, 3.8) is 0 Å². The van der Waals surface area contributed by atoms with E-state index in [2.05, 4.69) is 45.9 Å². The summed E-state index contributed by atoms with van der Waals surface area (Å²) in [5.74, 6) is 3.45. The zero-order chi connectivity index (χ0) is 27.2. The maximum absolute atomic E-state index is 6.20. The van der Waals surface area contributed by atoms with E-state index in [9.17, 15) is 0 Å². The smallest absolute Gasteiger partial charge is 0.127 e. The monoisotopic (exact) mass is 524 g/mol. The van der Waals surface area contributed by atoms with Crippen LogP contribution in [0.15, 0.2) is 54.6 Å². The first-order chi connectivity index (χ1) is 18.5. The lowest BCUT2D eigenvalue weighted by atomic mass is 9.94. The van der Waals surface area contributed by atoms with E-state index in [1.807, 2.05) is 43.3 Å². The molecule has 3 rings (SSSR count). The minimum Gasteiger partial charge on any atom is -0.491 e. The van der Waals surface area contributed by atoms with Crippen molar-refractivity contribution in [2.75, 3.05) is 59.5 Å². The quantitative estimate of drug-likeness (QED) is 0.167. The first kappa shape index (κ1) is 29.8. The third-order valence-electron chi connectivity index (χ3n) is 6.18. The molecule has 0 unspecified atom stereocenters. The Kier molecular flexibility index (Phi) is 12.7. The molecule has 6 nitrogen and oxygen atoms in total. The van der Waals surface area contributed by atoms with Gasteiger partial charge < -0.3 is 28.4 Å². The minimum atomic E-state index is 0.406. The third kappa shape index (κ3) is 8.90. The minimum absolute atomic E-state index is 0.406. The fourth-order valence-electron chi connectivity index (χ4n) is 4.24. The Bertz CT molecular complexity index is 1070. The number of ether oxygens (including phenoxy) is 6. The SMILES string of the molecule is CCOCCOCCOc1cccc2c(OCCOCCOc3c(C(C)C)cccc3C(C)C)cccc12. The van der Waals surface area contributed by atoms with Gasteiger partial charge in [-0.05, 0) is 42.0 Å². The molecular weight excluding hydrogens is 480 g/mol. The Labute approximate surface area is 228 Å². The Morgan fingerprint density at radius 2 is 0.921 bits per heavy atom. The molecule has 208 valence electrons. The van der Waals surface area contributed by atoms with E-state index in [-0.39, 0.29) is 0 Å². The highest BCUT2D eigenvalue weighted by Crippen LogP contribution is 2.34. The summed E-state index contributed by atoms with van der Waals surface area (Å²) in [7, 11) is 0. The second-order valence-electron chi connectivity index (χ2n) is 9.65. The fraction of sp³-hybridized carbons (Fsp3) is 0.500. The van der Waals surface area contributed by atoms with Crippen LogP contribution in [0.1, 0.15) is 57.6 Å². The van der Waals surface area contributed by atoms with E-state index in [0.717, 1.165) is 28.0 Å². The number of para-hydroxylation sites is 1. The van der Waals surface area contributed by atoms with E-state index in [1.165, 1.54) is 11.1 Å². The zero-order valence-corrected chi connectivity index (χ0v) is 23.7. The van der Waals surface area contributed by atoms with E-state index < -0.39 is 0 Å². The van der Waals surface area contributed by atoms with Gasteiger partial charge in [0.2, 0.25) is 0 Å². The molecule has 0 saturated heterocycles. The topological polar surface area (TPSA) is 55.4 Å². The molecule has 0 atom stereocenters. The van der Waals surface area contributed by atoms with Gasteiger partial charge in [-0.3, -0.25) is 0 Å². The van der Waals surface area contributed by atoms with Crippen LogP contribution in [0.5, 0.6) is 17.2 Å². The Balaban J connectivity index is 1.44. The van der Waals surface area contributed by atoms with Crippen LogP contribution in [-0.2, 0) is 14.2 Å². The summed E-state index contributed by atoms with van der Waals surface area (Å²) in [4.78, 5) is 0. The van der Waals surface area contributed by atoms with E-state index in [0.29, 0.717) is 71.3 Å². The lowest BCUT2D eigenvalue weighted by molar-refractivity contribution is 0.0406. The average molecular weight is 525 g/mol. The van der Waals surface area contributed by atoms with Crippen molar-refractivity contribution in [2.45, 2.75) is 46.5 Å². The second kappa shape index (κ2) is 16.2. The van der Waals surface area contributed by atoms with Crippen LogP contribution < -0.4 is 14.2 Å². The van der Waals surface area contributed by atoms with Crippen LogP contribution in [0.2, 0.25) is 0 Å². The molecule has 0 aliphatic rings. The molecular formula is C32H44O6. The molecule has 0 aliphatic heterocycles. The first-order valence-electron chi connectivity index (χ1n) is 13.8.